The first kappa shape index (κ1) is 17.4. The van der Waals surface area contributed by atoms with Crippen molar-refractivity contribution in [2.24, 2.45) is 0 Å². The number of piperidine rings is 1. The van der Waals surface area contributed by atoms with E-state index in [0.29, 0.717) is 18.3 Å². The molecule has 134 valence electrons. The monoisotopic (exact) mass is 343 g/mol. The molecule has 1 aliphatic heterocycles. The van der Waals surface area contributed by atoms with E-state index in [-0.39, 0.29) is 5.91 Å². The summed E-state index contributed by atoms with van der Waals surface area (Å²) < 4.78 is 7.07. The number of methoxy groups -OCH3 is 1. The second kappa shape index (κ2) is 7.65. The van der Waals surface area contributed by atoms with Crippen molar-refractivity contribution in [1.29, 1.82) is 0 Å². The van der Waals surface area contributed by atoms with Crippen molar-refractivity contribution in [2.45, 2.75) is 32.4 Å². The first-order valence-electron chi connectivity index (χ1n) is 8.61. The van der Waals surface area contributed by atoms with Crippen LogP contribution in [0, 0.1) is 6.92 Å². The molecule has 1 aliphatic rings. The lowest BCUT2D eigenvalue weighted by molar-refractivity contribution is 0.0778. The summed E-state index contributed by atoms with van der Waals surface area (Å²) in [4.78, 5) is 14.4. The lowest BCUT2D eigenvalue weighted by Crippen LogP contribution is -2.30. The van der Waals surface area contributed by atoms with E-state index < -0.39 is 0 Å². The lowest BCUT2D eigenvalue weighted by atomic mass is 10.1. The second-order valence-electron chi connectivity index (χ2n) is 6.46. The number of nitrogens with one attached hydrogen (secondary N) is 1. The fourth-order valence-corrected chi connectivity index (χ4v) is 3.19. The van der Waals surface area contributed by atoms with E-state index in [0.717, 1.165) is 42.9 Å². The molecule has 0 spiro atoms. The predicted octanol–water partition coefficient (Wildman–Crippen LogP) is 1.79. The molecule has 0 bridgehead atoms. The van der Waals surface area contributed by atoms with Gasteiger partial charge in [-0.3, -0.25) is 4.79 Å². The van der Waals surface area contributed by atoms with Gasteiger partial charge in [-0.1, -0.05) is 17.3 Å². The standard InChI is InChI=1S/C18H25N5O2/c1-13-17(20-21-23(13)15-8-10-19-11-9-15)18(24)22(2)12-14-4-6-16(25-3)7-5-14/h4-7,15,19H,8-12H2,1-3H3. The SMILES string of the molecule is COc1ccc(CN(C)C(=O)c2nnn(C3CCNCC3)c2C)cc1. The zero-order chi connectivity index (χ0) is 17.8. The third-order valence-corrected chi connectivity index (χ3v) is 4.71. The van der Waals surface area contributed by atoms with Crippen LogP contribution in [0.5, 0.6) is 5.75 Å². The maximum atomic E-state index is 12.8. The Kier molecular flexibility index (Phi) is 5.33. The summed E-state index contributed by atoms with van der Waals surface area (Å²) in [5.74, 6) is 0.701. The minimum Gasteiger partial charge on any atom is -0.497 e. The van der Waals surface area contributed by atoms with Gasteiger partial charge in [-0.25, -0.2) is 4.68 Å². The van der Waals surface area contributed by atoms with Gasteiger partial charge in [0.25, 0.3) is 5.91 Å². The summed E-state index contributed by atoms with van der Waals surface area (Å²) in [6.45, 7) is 4.40. The van der Waals surface area contributed by atoms with Crippen LogP contribution in [0.1, 0.15) is 40.6 Å². The van der Waals surface area contributed by atoms with Gasteiger partial charge in [0.05, 0.1) is 18.8 Å². The molecule has 7 nitrogen and oxygen atoms in total. The van der Waals surface area contributed by atoms with Crippen molar-refractivity contribution in [3.63, 3.8) is 0 Å². The molecule has 1 amide bonds. The van der Waals surface area contributed by atoms with E-state index in [2.05, 4.69) is 15.6 Å². The van der Waals surface area contributed by atoms with Gasteiger partial charge >= 0.3 is 0 Å². The van der Waals surface area contributed by atoms with Crippen molar-refractivity contribution < 1.29 is 9.53 Å². The van der Waals surface area contributed by atoms with Crippen molar-refractivity contribution in [3.05, 3.63) is 41.2 Å². The smallest absolute Gasteiger partial charge is 0.276 e. The number of hydrogen-bond acceptors (Lipinski definition) is 5. The minimum absolute atomic E-state index is 0.103. The third-order valence-electron chi connectivity index (χ3n) is 4.71. The summed E-state index contributed by atoms with van der Waals surface area (Å²) in [7, 11) is 3.43. The van der Waals surface area contributed by atoms with E-state index in [1.54, 1.807) is 19.1 Å². The molecule has 2 heterocycles. The fourth-order valence-electron chi connectivity index (χ4n) is 3.19. The van der Waals surface area contributed by atoms with Crippen molar-refractivity contribution in [2.75, 3.05) is 27.2 Å². The molecule has 1 aromatic heterocycles. The van der Waals surface area contributed by atoms with Gasteiger partial charge in [-0.15, -0.1) is 5.10 Å². The van der Waals surface area contributed by atoms with Gasteiger partial charge in [-0.05, 0) is 50.6 Å². The molecular weight excluding hydrogens is 318 g/mol. The summed E-state index contributed by atoms with van der Waals surface area (Å²) in [6, 6.07) is 8.03. The molecule has 1 N–H and O–H groups in total. The number of amides is 1. The Morgan fingerprint density at radius 2 is 2.00 bits per heavy atom. The maximum absolute atomic E-state index is 12.8. The van der Waals surface area contributed by atoms with Crippen molar-refractivity contribution in [1.82, 2.24) is 25.2 Å². The van der Waals surface area contributed by atoms with Crippen LogP contribution in [0.15, 0.2) is 24.3 Å². The molecule has 0 unspecified atom stereocenters. The van der Waals surface area contributed by atoms with Gasteiger partial charge in [0.1, 0.15) is 5.75 Å². The highest BCUT2D eigenvalue weighted by atomic mass is 16.5. The minimum atomic E-state index is -0.103. The largest absolute Gasteiger partial charge is 0.497 e. The molecule has 0 radical (unpaired) electrons. The molecule has 0 saturated carbocycles. The first-order valence-corrected chi connectivity index (χ1v) is 8.61. The molecular formula is C18H25N5O2. The van der Waals surface area contributed by atoms with E-state index >= 15 is 0 Å². The van der Waals surface area contributed by atoms with Crippen LogP contribution < -0.4 is 10.1 Å². The van der Waals surface area contributed by atoms with E-state index in [1.807, 2.05) is 35.9 Å². The zero-order valence-corrected chi connectivity index (χ0v) is 15.0. The maximum Gasteiger partial charge on any atom is 0.276 e. The van der Waals surface area contributed by atoms with Crippen molar-refractivity contribution in [3.8, 4) is 5.75 Å². The number of carbonyl (C=O) groups is 1. The number of nitrogens with zero attached hydrogens (tertiary/aromatic N) is 4. The van der Waals surface area contributed by atoms with Gasteiger partial charge in [-0.2, -0.15) is 0 Å². The molecule has 1 fully saturated rings. The van der Waals surface area contributed by atoms with E-state index in [9.17, 15) is 4.79 Å². The molecule has 0 atom stereocenters. The number of benzene rings is 1. The Morgan fingerprint density at radius 1 is 1.32 bits per heavy atom. The van der Waals surface area contributed by atoms with Crippen LogP contribution in [0.3, 0.4) is 0 Å². The van der Waals surface area contributed by atoms with E-state index in [1.165, 1.54) is 0 Å². The molecule has 1 aromatic carbocycles. The number of carbonyl (C=O) groups excluding carboxylic acids is 1. The highest BCUT2D eigenvalue weighted by Crippen LogP contribution is 2.21. The Hall–Kier alpha value is -2.41. The third kappa shape index (κ3) is 3.82. The molecule has 3 rings (SSSR count). The molecule has 0 aliphatic carbocycles. The quantitative estimate of drug-likeness (QED) is 0.896. The average Bonchev–Trinajstić information content (AvgIpc) is 3.03. The van der Waals surface area contributed by atoms with Crippen LogP contribution in [0.25, 0.3) is 0 Å². The Balaban J connectivity index is 1.70. The summed E-state index contributed by atoms with van der Waals surface area (Å²) in [6.07, 6.45) is 2.03. The topological polar surface area (TPSA) is 72.3 Å². The van der Waals surface area contributed by atoms with Crippen LogP contribution in [-0.2, 0) is 6.54 Å². The highest BCUT2D eigenvalue weighted by Gasteiger charge is 2.24. The van der Waals surface area contributed by atoms with Crippen LogP contribution in [0.2, 0.25) is 0 Å². The number of ether oxygens (including phenoxy) is 1. The Morgan fingerprint density at radius 3 is 2.64 bits per heavy atom. The lowest BCUT2D eigenvalue weighted by Gasteiger charge is -2.23. The molecule has 1 saturated heterocycles. The van der Waals surface area contributed by atoms with Gasteiger partial charge < -0.3 is 15.0 Å². The van der Waals surface area contributed by atoms with Gasteiger partial charge in [0.15, 0.2) is 5.69 Å². The number of rotatable bonds is 5. The number of hydrogen-bond donors (Lipinski definition) is 1. The molecule has 25 heavy (non-hydrogen) atoms. The normalized spacial score (nSPS) is 15.2. The zero-order valence-electron chi connectivity index (χ0n) is 15.0. The molecule has 7 heteroatoms. The first-order chi connectivity index (χ1) is 12.1. The summed E-state index contributed by atoms with van der Waals surface area (Å²) >= 11 is 0. The fraction of sp³-hybridized carbons (Fsp3) is 0.500. The number of aromatic nitrogens is 3. The van der Waals surface area contributed by atoms with Gasteiger partial charge in [0, 0.05) is 13.6 Å². The Bertz CT molecular complexity index is 720. The predicted molar refractivity (Wildman–Crippen MR) is 94.7 cm³/mol. The van der Waals surface area contributed by atoms with Gasteiger partial charge in [0.2, 0.25) is 0 Å². The van der Waals surface area contributed by atoms with Crippen molar-refractivity contribution >= 4 is 5.91 Å². The summed E-state index contributed by atoms with van der Waals surface area (Å²) in [5.41, 5.74) is 2.33. The van der Waals surface area contributed by atoms with E-state index in [4.69, 9.17) is 4.74 Å². The van der Waals surface area contributed by atoms with Crippen LogP contribution in [-0.4, -0.2) is 53.0 Å². The molecule has 2 aromatic rings. The van der Waals surface area contributed by atoms with Crippen LogP contribution >= 0.6 is 0 Å². The highest BCUT2D eigenvalue weighted by molar-refractivity contribution is 5.93. The summed E-state index contributed by atoms with van der Waals surface area (Å²) in [5, 5.41) is 11.8. The average molecular weight is 343 g/mol. The van der Waals surface area contributed by atoms with Crippen LogP contribution in [0.4, 0.5) is 0 Å². The second-order valence-corrected chi connectivity index (χ2v) is 6.46. The Labute approximate surface area is 148 Å².